The Labute approximate surface area is 127 Å². The number of nitrogens with zero attached hydrogens (tertiary/aromatic N) is 2. The van der Waals surface area contributed by atoms with E-state index in [0.717, 1.165) is 49.3 Å². The van der Waals surface area contributed by atoms with Crippen molar-refractivity contribution in [3.63, 3.8) is 0 Å². The molecule has 0 bridgehead atoms. The quantitative estimate of drug-likeness (QED) is 0.894. The van der Waals surface area contributed by atoms with Crippen molar-refractivity contribution in [1.29, 1.82) is 0 Å². The minimum absolute atomic E-state index is 0.500. The van der Waals surface area contributed by atoms with Crippen molar-refractivity contribution in [2.45, 2.75) is 24.7 Å². The SMILES string of the molecule is Cc1ccc(S(=O)(=O)N2CCN(C)CC2)c2c1NCCC2. The van der Waals surface area contributed by atoms with Gasteiger partial charge in [-0.3, -0.25) is 0 Å². The number of fused-ring (bicyclic) bond motifs is 1. The summed E-state index contributed by atoms with van der Waals surface area (Å²) in [5.74, 6) is 0. The molecule has 1 aromatic carbocycles. The zero-order valence-corrected chi connectivity index (χ0v) is 13.5. The molecule has 6 heteroatoms. The van der Waals surface area contributed by atoms with E-state index < -0.39 is 10.0 Å². The molecule has 3 rings (SSSR count). The van der Waals surface area contributed by atoms with Crippen molar-refractivity contribution >= 4 is 15.7 Å². The third-order valence-corrected chi connectivity index (χ3v) is 6.45. The molecular formula is C15H23N3O2S. The maximum atomic E-state index is 13.0. The summed E-state index contributed by atoms with van der Waals surface area (Å²) < 4.78 is 27.5. The minimum Gasteiger partial charge on any atom is -0.385 e. The normalized spacial score (nSPS) is 20.9. The van der Waals surface area contributed by atoms with Crippen molar-refractivity contribution in [3.8, 4) is 0 Å². The molecule has 116 valence electrons. The van der Waals surface area contributed by atoms with Crippen LogP contribution in [0.3, 0.4) is 0 Å². The van der Waals surface area contributed by atoms with Crippen LogP contribution in [0, 0.1) is 6.92 Å². The van der Waals surface area contributed by atoms with Gasteiger partial charge in [0.1, 0.15) is 0 Å². The van der Waals surface area contributed by atoms with Crippen LogP contribution in [-0.2, 0) is 16.4 Å². The number of rotatable bonds is 2. The smallest absolute Gasteiger partial charge is 0.243 e. The lowest BCUT2D eigenvalue weighted by Crippen LogP contribution is -2.47. The van der Waals surface area contributed by atoms with Gasteiger partial charge in [-0.15, -0.1) is 0 Å². The third-order valence-electron chi connectivity index (χ3n) is 4.46. The fourth-order valence-corrected chi connectivity index (χ4v) is 4.81. The Hall–Kier alpha value is -1.11. The summed E-state index contributed by atoms with van der Waals surface area (Å²) in [6.45, 7) is 5.70. The summed E-state index contributed by atoms with van der Waals surface area (Å²) in [7, 11) is -1.35. The number of piperazine rings is 1. The van der Waals surface area contributed by atoms with Crippen LogP contribution < -0.4 is 5.32 Å². The first kappa shape index (κ1) is 14.8. The maximum Gasteiger partial charge on any atom is 0.243 e. The average molecular weight is 309 g/mol. The molecule has 0 radical (unpaired) electrons. The summed E-state index contributed by atoms with van der Waals surface area (Å²) in [6, 6.07) is 3.70. The molecule has 1 aromatic rings. The Bertz CT molecular complexity index is 635. The second-order valence-electron chi connectivity index (χ2n) is 5.97. The molecular weight excluding hydrogens is 286 g/mol. The van der Waals surface area contributed by atoms with E-state index in [-0.39, 0.29) is 0 Å². The van der Waals surface area contributed by atoms with Crippen LogP contribution in [0.5, 0.6) is 0 Å². The fourth-order valence-electron chi connectivity index (χ4n) is 3.13. The van der Waals surface area contributed by atoms with Crippen LogP contribution in [0.1, 0.15) is 17.5 Å². The summed E-state index contributed by atoms with van der Waals surface area (Å²) in [4.78, 5) is 2.66. The van der Waals surface area contributed by atoms with Crippen molar-refractivity contribution in [2.24, 2.45) is 0 Å². The first-order chi connectivity index (χ1) is 10.00. The highest BCUT2D eigenvalue weighted by atomic mass is 32.2. The van der Waals surface area contributed by atoms with E-state index >= 15 is 0 Å². The largest absolute Gasteiger partial charge is 0.385 e. The summed E-state index contributed by atoms with van der Waals surface area (Å²) in [5, 5.41) is 3.36. The molecule has 2 heterocycles. The molecule has 5 nitrogen and oxygen atoms in total. The number of anilines is 1. The van der Waals surface area contributed by atoms with Crippen molar-refractivity contribution in [1.82, 2.24) is 9.21 Å². The Balaban J connectivity index is 1.99. The molecule has 2 aliphatic heterocycles. The highest BCUT2D eigenvalue weighted by Gasteiger charge is 2.31. The summed E-state index contributed by atoms with van der Waals surface area (Å²) >= 11 is 0. The van der Waals surface area contributed by atoms with Crippen LogP contribution in [0.25, 0.3) is 0 Å². The van der Waals surface area contributed by atoms with E-state index in [1.54, 1.807) is 10.4 Å². The van der Waals surface area contributed by atoms with Gasteiger partial charge in [0.2, 0.25) is 10.0 Å². The highest BCUT2D eigenvalue weighted by Crippen LogP contribution is 2.33. The molecule has 0 atom stereocenters. The lowest BCUT2D eigenvalue weighted by atomic mass is 10.00. The van der Waals surface area contributed by atoms with Crippen molar-refractivity contribution in [2.75, 3.05) is 45.1 Å². The molecule has 1 N–H and O–H groups in total. The predicted octanol–water partition coefficient (Wildman–Crippen LogP) is 1.29. The van der Waals surface area contributed by atoms with Gasteiger partial charge in [-0.1, -0.05) is 6.07 Å². The van der Waals surface area contributed by atoms with Gasteiger partial charge in [0.25, 0.3) is 0 Å². The van der Waals surface area contributed by atoms with E-state index in [0.29, 0.717) is 18.0 Å². The molecule has 21 heavy (non-hydrogen) atoms. The Kier molecular flexibility index (Phi) is 3.94. The Morgan fingerprint density at radius 1 is 1.14 bits per heavy atom. The van der Waals surface area contributed by atoms with Gasteiger partial charge in [-0.25, -0.2) is 8.42 Å². The summed E-state index contributed by atoms with van der Waals surface area (Å²) in [6.07, 6.45) is 1.83. The zero-order valence-electron chi connectivity index (χ0n) is 12.7. The number of hydrogen-bond donors (Lipinski definition) is 1. The van der Waals surface area contributed by atoms with Crippen molar-refractivity contribution in [3.05, 3.63) is 23.3 Å². The third kappa shape index (κ3) is 2.67. The van der Waals surface area contributed by atoms with Crippen molar-refractivity contribution < 1.29 is 8.42 Å². The van der Waals surface area contributed by atoms with Gasteiger partial charge in [-0.2, -0.15) is 4.31 Å². The molecule has 1 fully saturated rings. The molecule has 0 unspecified atom stereocenters. The van der Waals surface area contributed by atoms with Gasteiger partial charge in [0, 0.05) is 38.4 Å². The van der Waals surface area contributed by atoms with Crippen LogP contribution in [0.2, 0.25) is 0 Å². The topological polar surface area (TPSA) is 52.7 Å². The zero-order chi connectivity index (χ0) is 15.0. The second kappa shape index (κ2) is 5.59. The first-order valence-electron chi connectivity index (χ1n) is 7.55. The van der Waals surface area contributed by atoms with Gasteiger partial charge in [0.15, 0.2) is 0 Å². The van der Waals surface area contributed by atoms with E-state index in [1.807, 2.05) is 20.0 Å². The lowest BCUT2D eigenvalue weighted by molar-refractivity contribution is 0.222. The van der Waals surface area contributed by atoms with Gasteiger partial charge >= 0.3 is 0 Å². The Morgan fingerprint density at radius 2 is 1.86 bits per heavy atom. The van der Waals surface area contributed by atoms with Gasteiger partial charge in [-0.05, 0) is 44.0 Å². The Morgan fingerprint density at radius 3 is 2.57 bits per heavy atom. The fraction of sp³-hybridized carbons (Fsp3) is 0.600. The number of hydrogen-bond acceptors (Lipinski definition) is 4. The number of sulfonamides is 1. The van der Waals surface area contributed by atoms with E-state index in [2.05, 4.69) is 10.2 Å². The lowest BCUT2D eigenvalue weighted by Gasteiger charge is -2.33. The summed E-state index contributed by atoms with van der Waals surface area (Å²) in [5.41, 5.74) is 3.12. The predicted molar refractivity (Wildman–Crippen MR) is 84.2 cm³/mol. The first-order valence-corrected chi connectivity index (χ1v) is 8.99. The molecule has 0 aliphatic carbocycles. The maximum absolute atomic E-state index is 13.0. The van der Waals surface area contributed by atoms with Gasteiger partial charge < -0.3 is 10.2 Å². The van der Waals surface area contributed by atoms with Crippen LogP contribution in [0.4, 0.5) is 5.69 Å². The molecule has 0 aromatic heterocycles. The van der Waals surface area contributed by atoms with Crippen LogP contribution >= 0.6 is 0 Å². The molecule has 0 amide bonds. The monoisotopic (exact) mass is 309 g/mol. The molecule has 0 saturated carbocycles. The molecule has 2 aliphatic rings. The average Bonchev–Trinajstić information content (AvgIpc) is 2.48. The molecule has 0 spiro atoms. The minimum atomic E-state index is -3.38. The van der Waals surface area contributed by atoms with E-state index in [4.69, 9.17) is 0 Å². The highest BCUT2D eigenvalue weighted by molar-refractivity contribution is 7.89. The number of benzene rings is 1. The molecule has 1 saturated heterocycles. The van der Waals surface area contributed by atoms with Crippen LogP contribution in [0.15, 0.2) is 17.0 Å². The standard InChI is InChI=1S/C15H23N3O2S/c1-12-5-6-14(13-4-3-7-16-15(12)13)21(19,20)18-10-8-17(2)9-11-18/h5-6,16H,3-4,7-11H2,1-2H3. The van der Waals surface area contributed by atoms with Crippen LogP contribution in [-0.4, -0.2) is 57.4 Å². The number of likely N-dealkylation sites (N-methyl/N-ethyl adjacent to an activating group) is 1. The second-order valence-corrected chi connectivity index (χ2v) is 7.88. The number of aryl methyl sites for hydroxylation is 1. The number of nitrogens with one attached hydrogen (secondary N) is 1. The van der Waals surface area contributed by atoms with Gasteiger partial charge in [0.05, 0.1) is 4.90 Å². The van der Waals surface area contributed by atoms with E-state index in [1.165, 1.54) is 0 Å². The van der Waals surface area contributed by atoms with E-state index in [9.17, 15) is 8.42 Å².